The van der Waals surface area contributed by atoms with E-state index in [-0.39, 0.29) is 0 Å². The largest absolute Gasteiger partial charge is 0.275 e. The van der Waals surface area contributed by atoms with Crippen molar-refractivity contribution in [3.05, 3.63) is 30.0 Å². The fraction of sp³-hybridized carbons (Fsp3) is 0.300. The zero-order valence-corrected chi connectivity index (χ0v) is 8.52. The van der Waals surface area contributed by atoms with E-state index in [2.05, 4.69) is 15.1 Å². The molecule has 4 heteroatoms. The molecule has 0 bridgehead atoms. The van der Waals surface area contributed by atoms with Crippen LogP contribution in [0.25, 0.3) is 11.3 Å². The standard InChI is InChI=1S/C10H12N4/c1-7-9(6-14(3)13-7)10-8(2)11-4-5-12-10/h4-6H,1-3H3. The van der Waals surface area contributed by atoms with Gasteiger partial charge in [0.15, 0.2) is 0 Å². The summed E-state index contributed by atoms with van der Waals surface area (Å²) in [6.07, 6.45) is 5.37. The monoisotopic (exact) mass is 188 g/mol. The maximum Gasteiger partial charge on any atom is 0.0948 e. The van der Waals surface area contributed by atoms with Crippen molar-refractivity contribution < 1.29 is 0 Å². The topological polar surface area (TPSA) is 43.6 Å². The van der Waals surface area contributed by atoms with Crippen LogP contribution in [0.5, 0.6) is 0 Å². The van der Waals surface area contributed by atoms with Crippen molar-refractivity contribution in [2.24, 2.45) is 7.05 Å². The Morgan fingerprint density at radius 1 is 1.07 bits per heavy atom. The van der Waals surface area contributed by atoms with Crippen molar-refractivity contribution >= 4 is 0 Å². The molecule has 0 radical (unpaired) electrons. The molecule has 72 valence electrons. The van der Waals surface area contributed by atoms with Crippen molar-refractivity contribution in [1.82, 2.24) is 19.7 Å². The van der Waals surface area contributed by atoms with Crippen LogP contribution in [0.3, 0.4) is 0 Å². The van der Waals surface area contributed by atoms with Gasteiger partial charge >= 0.3 is 0 Å². The van der Waals surface area contributed by atoms with Crippen LogP contribution in [0.15, 0.2) is 18.6 Å². The number of rotatable bonds is 1. The lowest BCUT2D eigenvalue weighted by atomic mass is 10.1. The average Bonchev–Trinajstić information content (AvgIpc) is 2.46. The molecule has 0 fully saturated rings. The maximum atomic E-state index is 4.31. The number of aromatic nitrogens is 4. The Kier molecular flexibility index (Phi) is 2.04. The molecule has 4 nitrogen and oxygen atoms in total. The third-order valence-electron chi connectivity index (χ3n) is 2.15. The summed E-state index contributed by atoms with van der Waals surface area (Å²) in [4.78, 5) is 8.51. The maximum absolute atomic E-state index is 4.31. The third kappa shape index (κ3) is 1.39. The SMILES string of the molecule is Cc1nn(C)cc1-c1nccnc1C. The summed E-state index contributed by atoms with van der Waals surface area (Å²) >= 11 is 0. The van der Waals surface area contributed by atoms with Gasteiger partial charge in [-0.05, 0) is 13.8 Å². The number of aryl methyl sites for hydroxylation is 3. The van der Waals surface area contributed by atoms with Crippen molar-refractivity contribution in [2.45, 2.75) is 13.8 Å². The minimum Gasteiger partial charge on any atom is -0.275 e. The van der Waals surface area contributed by atoms with E-state index < -0.39 is 0 Å². The molecule has 2 rings (SSSR count). The predicted octanol–water partition coefficient (Wildman–Crippen LogP) is 1.49. The van der Waals surface area contributed by atoms with Crippen LogP contribution < -0.4 is 0 Å². The Morgan fingerprint density at radius 3 is 2.36 bits per heavy atom. The minimum absolute atomic E-state index is 0.915. The van der Waals surface area contributed by atoms with Crippen molar-refractivity contribution in [3.8, 4) is 11.3 Å². The molecular weight excluding hydrogens is 176 g/mol. The van der Waals surface area contributed by atoms with Crippen LogP contribution in [0.2, 0.25) is 0 Å². The Morgan fingerprint density at radius 2 is 1.79 bits per heavy atom. The summed E-state index contributed by atoms with van der Waals surface area (Å²) < 4.78 is 1.79. The summed E-state index contributed by atoms with van der Waals surface area (Å²) in [7, 11) is 1.90. The van der Waals surface area contributed by atoms with Gasteiger partial charge in [0.2, 0.25) is 0 Å². The average molecular weight is 188 g/mol. The Labute approximate surface area is 82.6 Å². The molecular formula is C10H12N4. The van der Waals surface area contributed by atoms with Crippen LogP contribution in [-0.4, -0.2) is 19.7 Å². The molecule has 0 N–H and O–H groups in total. The first-order chi connectivity index (χ1) is 6.68. The quantitative estimate of drug-likeness (QED) is 0.681. The first-order valence-electron chi connectivity index (χ1n) is 4.46. The second kappa shape index (κ2) is 3.21. The van der Waals surface area contributed by atoms with E-state index >= 15 is 0 Å². The Hall–Kier alpha value is -1.71. The van der Waals surface area contributed by atoms with E-state index in [0.717, 1.165) is 22.6 Å². The number of hydrogen-bond acceptors (Lipinski definition) is 3. The highest BCUT2D eigenvalue weighted by molar-refractivity contribution is 5.62. The molecule has 0 aliphatic carbocycles. The van der Waals surface area contributed by atoms with Gasteiger partial charge < -0.3 is 0 Å². The smallest absolute Gasteiger partial charge is 0.0948 e. The molecule has 2 aromatic heterocycles. The zero-order chi connectivity index (χ0) is 10.1. The summed E-state index contributed by atoms with van der Waals surface area (Å²) in [5.41, 5.74) is 3.89. The normalized spacial score (nSPS) is 10.5. The zero-order valence-electron chi connectivity index (χ0n) is 8.52. The molecule has 2 heterocycles. The van der Waals surface area contributed by atoms with Gasteiger partial charge in [-0.15, -0.1) is 0 Å². The highest BCUT2D eigenvalue weighted by Crippen LogP contribution is 2.21. The first-order valence-corrected chi connectivity index (χ1v) is 4.46. The molecule has 0 aromatic carbocycles. The van der Waals surface area contributed by atoms with E-state index in [0.29, 0.717) is 0 Å². The van der Waals surface area contributed by atoms with E-state index in [4.69, 9.17) is 0 Å². The van der Waals surface area contributed by atoms with Crippen molar-refractivity contribution in [3.63, 3.8) is 0 Å². The van der Waals surface area contributed by atoms with Crippen LogP contribution in [-0.2, 0) is 7.05 Å². The predicted molar refractivity (Wildman–Crippen MR) is 53.7 cm³/mol. The lowest BCUT2D eigenvalue weighted by Crippen LogP contribution is -1.90. The Bertz CT molecular complexity index is 459. The van der Waals surface area contributed by atoms with Gasteiger partial charge in [-0.25, -0.2) is 0 Å². The van der Waals surface area contributed by atoms with Gasteiger partial charge in [0, 0.05) is 31.2 Å². The second-order valence-corrected chi connectivity index (χ2v) is 3.29. The van der Waals surface area contributed by atoms with Gasteiger partial charge in [0.05, 0.1) is 17.1 Å². The van der Waals surface area contributed by atoms with Crippen molar-refractivity contribution in [2.75, 3.05) is 0 Å². The summed E-state index contributed by atoms with van der Waals surface area (Å²) in [5, 5.41) is 4.28. The number of nitrogens with zero attached hydrogens (tertiary/aromatic N) is 4. The molecule has 0 aliphatic heterocycles. The summed E-state index contributed by atoms with van der Waals surface area (Å²) in [6.45, 7) is 3.93. The van der Waals surface area contributed by atoms with Crippen LogP contribution in [0.1, 0.15) is 11.4 Å². The molecule has 0 aliphatic rings. The van der Waals surface area contributed by atoms with Gasteiger partial charge in [0.1, 0.15) is 0 Å². The molecule has 14 heavy (non-hydrogen) atoms. The van der Waals surface area contributed by atoms with Crippen LogP contribution in [0.4, 0.5) is 0 Å². The van der Waals surface area contributed by atoms with Crippen LogP contribution >= 0.6 is 0 Å². The molecule has 0 atom stereocenters. The molecule has 2 aromatic rings. The van der Waals surface area contributed by atoms with Gasteiger partial charge in [-0.2, -0.15) is 5.10 Å². The van der Waals surface area contributed by atoms with Gasteiger partial charge in [-0.3, -0.25) is 14.6 Å². The fourth-order valence-corrected chi connectivity index (χ4v) is 1.50. The first kappa shape index (κ1) is 8.87. The molecule has 0 saturated carbocycles. The van der Waals surface area contributed by atoms with Crippen LogP contribution in [0, 0.1) is 13.8 Å². The van der Waals surface area contributed by atoms with E-state index in [1.807, 2.05) is 27.1 Å². The highest BCUT2D eigenvalue weighted by atomic mass is 15.2. The molecule has 0 spiro atoms. The minimum atomic E-state index is 0.915. The van der Waals surface area contributed by atoms with Gasteiger partial charge in [0.25, 0.3) is 0 Å². The number of hydrogen-bond donors (Lipinski definition) is 0. The fourth-order valence-electron chi connectivity index (χ4n) is 1.50. The van der Waals surface area contributed by atoms with E-state index in [1.165, 1.54) is 0 Å². The van der Waals surface area contributed by atoms with E-state index in [1.54, 1.807) is 17.1 Å². The lowest BCUT2D eigenvalue weighted by Gasteiger charge is -2.00. The second-order valence-electron chi connectivity index (χ2n) is 3.29. The molecule has 0 unspecified atom stereocenters. The summed E-state index contributed by atoms with van der Waals surface area (Å²) in [6, 6.07) is 0. The van der Waals surface area contributed by atoms with Crippen molar-refractivity contribution in [1.29, 1.82) is 0 Å². The van der Waals surface area contributed by atoms with E-state index in [9.17, 15) is 0 Å². The highest BCUT2D eigenvalue weighted by Gasteiger charge is 2.09. The molecule has 0 amide bonds. The lowest BCUT2D eigenvalue weighted by molar-refractivity contribution is 0.756. The molecule has 0 saturated heterocycles. The van der Waals surface area contributed by atoms with Gasteiger partial charge in [-0.1, -0.05) is 0 Å². The Balaban J connectivity index is 2.60. The third-order valence-corrected chi connectivity index (χ3v) is 2.15. The summed E-state index contributed by atoms with van der Waals surface area (Å²) in [5.74, 6) is 0.